The molecular weight excluding hydrogens is 504 g/mol. The van der Waals surface area contributed by atoms with Crippen LogP contribution in [0.3, 0.4) is 0 Å². The van der Waals surface area contributed by atoms with E-state index >= 15 is 0 Å². The number of carbonyl (C=O) groups is 3. The van der Waals surface area contributed by atoms with Crippen molar-refractivity contribution in [2.45, 2.75) is 97.4 Å². The number of benzene rings is 2. The Morgan fingerprint density at radius 1 is 0.975 bits per heavy atom. The molecule has 3 N–H and O–H groups in total. The Balaban J connectivity index is 1.69. The molecule has 0 aliphatic heterocycles. The second-order valence-corrected chi connectivity index (χ2v) is 13.0. The van der Waals surface area contributed by atoms with Crippen LogP contribution in [0.4, 0.5) is 0 Å². The van der Waals surface area contributed by atoms with Crippen molar-refractivity contribution in [2.24, 2.45) is 11.3 Å². The summed E-state index contributed by atoms with van der Waals surface area (Å²) in [7, 11) is 0. The summed E-state index contributed by atoms with van der Waals surface area (Å²) >= 11 is 0. The number of nitrogens with one attached hydrogen (secondary N) is 2. The average molecular weight is 551 g/mol. The first kappa shape index (κ1) is 31.2. The summed E-state index contributed by atoms with van der Waals surface area (Å²) in [5, 5.41) is 15.0. The van der Waals surface area contributed by atoms with E-state index in [4.69, 9.17) is 9.84 Å². The third kappa shape index (κ3) is 10.3. The third-order valence-electron chi connectivity index (χ3n) is 7.65. The van der Waals surface area contributed by atoms with Gasteiger partial charge in [0.05, 0.1) is 0 Å². The molecule has 7 heteroatoms. The zero-order chi connectivity index (χ0) is 29.3. The lowest BCUT2D eigenvalue weighted by molar-refractivity contribution is -0.137. The van der Waals surface area contributed by atoms with E-state index in [1.807, 2.05) is 50.2 Å². The molecule has 0 heterocycles. The Labute approximate surface area is 239 Å². The smallest absolute Gasteiger partial charge is 0.303 e. The van der Waals surface area contributed by atoms with Gasteiger partial charge in [0, 0.05) is 25.8 Å². The molecule has 1 saturated carbocycles. The van der Waals surface area contributed by atoms with Gasteiger partial charge in [0.1, 0.15) is 17.5 Å². The van der Waals surface area contributed by atoms with Crippen LogP contribution in [-0.4, -0.2) is 35.5 Å². The van der Waals surface area contributed by atoms with E-state index in [2.05, 4.69) is 43.5 Å². The second-order valence-electron chi connectivity index (χ2n) is 13.0. The van der Waals surface area contributed by atoms with Gasteiger partial charge in [-0.2, -0.15) is 0 Å². The number of ether oxygens (including phenoxy) is 1. The average Bonchev–Trinajstić information content (AvgIpc) is 3.39. The Morgan fingerprint density at radius 2 is 1.65 bits per heavy atom. The number of hydrogen-bond donors (Lipinski definition) is 3. The van der Waals surface area contributed by atoms with Gasteiger partial charge in [0.2, 0.25) is 11.8 Å². The highest BCUT2D eigenvalue weighted by Crippen LogP contribution is 2.29. The lowest BCUT2D eigenvalue weighted by Gasteiger charge is -2.26. The molecule has 1 fully saturated rings. The molecule has 2 aromatic rings. The van der Waals surface area contributed by atoms with Gasteiger partial charge in [-0.3, -0.25) is 14.4 Å². The second kappa shape index (κ2) is 13.8. The van der Waals surface area contributed by atoms with Crippen molar-refractivity contribution in [3.63, 3.8) is 0 Å². The van der Waals surface area contributed by atoms with E-state index in [0.29, 0.717) is 37.5 Å². The largest absolute Gasteiger partial charge is 0.481 e. The predicted molar refractivity (Wildman–Crippen MR) is 158 cm³/mol. The van der Waals surface area contributed by atoms with Gasteiger partial charge in [-0.1, -0.05) is 71.7 Å². The van der Waals surface area contributed by atoms with Gasteiger partial charge in [0.15, 0.2) is 0 Å². The molecule has 1 atom stereocenters. The zero-order valence-corrected chi connectivity index (χ0v) is 24.7. The van der Waals surface area contributed by atoms with Crippen LogP contribution < -0.4 is 15.4 Å². The van der Waals surface area contributed by atoms with Crippen molar-refractivity contribution in [3.8, 4) is 11.5 Å². The summed E-state index contributed by atoms with van der Waals surface area (Å²) in [6.07, 6.45) is 5.64. The Bertz CT molecular complexity index is 1140. The van der Waals surface area contributed by atoms with Crippen LogP contribution in [0.5, 0.6) is 11.5 Å². The molecule has 218 valence electrons. The molecule has 40 heavy (non-hydrogen) atoms. The quantitative estimate of drug-likeness (QED) is 0.268. The number of hydrogen-bond acceptors (Lipinski definition) is 4. The topological polar surface area (TPSA) is 105 Å². The minimum Gasteiger partial charge on any atom is -0.481 e. The van der Waals surface area contributed by atoms with E-state index < -0.39 is 12.0 Å². The van der Waals surface area contributed by atoms with E-state index in [9.17, 15) is 14.4 Å². The number of carbonyl (C=O) groups excluding carboxylic acids is 2. The van der Waals surface area contributed by atoms with Crippen LogP contribution in [0.1, 0.15) is 90.7 Å². The van der Waals surface area contributed by atoms with Crippen LogP contribution in [-0.2, 0) is 26.2 Å². The maximum Gasteiger partial charge on any atom is 0.303 e. The van der Waals surface area contributed by atoms with Gasteiger partial charge in [-0.25, -0.2) is 0 Å². The van der Waals surface area contributed by atoms with Crippen LogP contribution >= 0.6 is 0 Å². The fourth-order valence-corrected chi connectivity index (χ4v) is 5.05. The predicted octanol–water partition coefficient (Wildman–Crippen LogP) is 6.39. The highest BCUT2D eigenvalue weighted by Gasteiger charge is 2.27. The molecule has 0 bridgehead atoms. The maximum absolute atomic E-state index is 13.3. The number of rotatable bonds is 13. The molecule has 0 radical (unpaired) electrons. The fourth-order valence-electron chi connectivity index (χ4n) is 5.05. The molecule has 1 aliphatic rings. The van der Waals surface area contributed by atoms with Crippen molar-refractivity contribution >= 4 is 17.8 Å². The lowest BCUT2D eigenvalue weighted by Crippen LogP contribution is -2.50. The Hall–Kier alpha value is -3.35. The minimum atomic E-state index is -0.858. The summed E-state index contributed by atoms with van der Waals surface area (Å²) in [5.74, 6) is 0.528. The molecule has 3 rings (SSSR count). The number of amides is 2. The van der Waals surface area contributed by atoms with E-state index in [-0.39, 0.29) is 29.1 Å². The number of carboxylic acid groups (broad SMARTS) is 1. The molecule has 0 saturated heterocycles. The van der Waals surface area contributed by atoms with Crippen molar-refractivity contribution in [1.82, 2.24) is 10.6 Å². The van der Waals surface area contributed by atoms with Gasteiger partial charge in [0.25, 0.3) is 0 Å². The standard InChI is InChI=1S/C33H46N2O5/c1-32(2,3)25-13-15-26(16-14-25)40-27-12-8-11-24(19-27)20-28(35-29(36)21-23-9-6-7-10-23)31(39)34-22-33(4,5)18-17-30(37)38/h8,11-16,19,23,28H,6-7,9-10,17-18,20-22H2,1-5H3,(H,34,39)(H,35,36)(H,37,38). The SMILES string of the molecule is CC(C)(CCC(=O)O)CNC(=O)C(Cc1cccc(Oc2ccc(C(C)(C)C)cc2)c1)NC(=O)CC1CCCC1. The summed E-state index contributed by atoms with van der Waals surface area (Å²) in [4.78, 5) is 37.2. The van der Waals surface area contributed by atoms with Crippen LogP contribution in [0.2, 0.25) is 0 Å². The van der Waals surface area contributed by atoms with Crippen LogP contribution in [0, 0.1) is 11.3 Å². The molecule has 2 aromatic carbocycles. The molecule has 1 unspecified atom stereocenters. The van der Waals surface area contributed by atoms with Crippen molar-refractivity contribution in [2.75, 3.05) is 6.54 Å². The summed E-state index contributed by atoms with van der Waals surface area (Å²) in [6, 6.07) is 14.9. The van der Waals surface area contributed by atoms with E-state index in [0.717, 1.165) is 37.0 Å². The van der Waals surface area contributed by atoms with Crippen LogP contribution in [0.25, 0.3) is 0 Å². The lowest BCUT2D eigenvalue weighted by atomic mass is 9.87. The fraction of sp³-hybridized carbons (Fsp3) is 0.545. The highest BCUT2D eigenvalue weighted by atomic mass is 16.5. The van der Waals surface area contributed by atoms with Gasteiger partial charge in [-0.05, 0) is 71.4 Å². The van der Waals surface area contributed by atoms with Gasteiger partial charge in [-0.15, -0.1) is 0 Å². The summed E-state index contributed by atoms with van der Waals surface area (Å²) < 4.78 is 6.10. The molecule has 1 aliphatic carbocycles. The Morgan fingerprint density at radius 3 is 2.27 bits per heavy atom. The number of carboxylic acids is 1. The van der Waals surface area contributed by atoms with E-state index in [1.165, 1.54) is 5.56 Å². The minimum absolute atomic E-state index is 0.0378. The highest BCUT2D eigenvalue weighted by molar-refractivity contribution is 5.88. The third-order valence-corrected chi connectivity index (χ3v) is 7.65. The molecule has 0 aromatic heterocycles. The molecule has 2 amide bonds. The van der Waals surface area contributed by atoms with Gasteiger partial charge < -0.3 is 20.5 Å². The Kier molecular flexibility index (Phi) is 10.8. The molecular formula is C33H46N2O5. The first-order valence-electron chi connectivity index (χ1n) is 14.5. The van der Waals surface area contributed by atoms with Gasteiger partial charge >= 0.3 is 5.97 Å². The molecule has 0 spiro atoms. The first-order valence-corrected chi connectivity index (χ1v) is 14.5. The zero-order valence-electron chi connectivity index (χ0n) is 24.7. The first-order chi connectivity index (χ1) is 18.8. The van der Waals surface area contributed by atoms with E-state index in [1.54, 1.807) is 0 Å². The normalized spacial score (nSPS) is 14.9. The molecule has 7 nitrogen and oxygen atoms in total. The summed E-state index contributed by atoms with van der Waals surface area (Å²) in [5.41, 5.74) is 1.77. The monoisotopic (exact) mass is 550 g/mol. The van der Waals surface area contributed by atoms with Crippen molar-refractivity contribution in [1.29, 1.82) is 0 Å². The van der Waals surface area contributed by atoms with Crippen molar-refractivity contribution < 1.29 is 24.2 Å². The summed E-state index contributed by atoms with van der Waals surface area (Å²) in [6.45, 7) is 10.7. The van der Waals surface area contributed by atoms with Crippen LogP contribution in [0.15, 0.2) is 48.5 Å². The maximum atomic E-state index is 13.3. The van der Waals surface area contributed by atoms with Crippen molar-refractivity contribution in [3.05, 3.63) is 59.7 Å². The number of aliphatic carboxylic acids is 1.